The number of aromatic nitrogens is 2. The van der Waals surface area contributed by atoms with Crippen molar-refractivity contribution in [3.8, 4) is 6.07 Å². The van der Waals surface area contributed by atoms with Crippen molar-refractivity contribution in [3.05, 3.63) is 53.6 Å². The van der Waals surface area contributed by atoms with E-state index in [0.717, 1.165) is 6.26 Å². The molecule has 1 heterocycles. The maximum Gasteiger partial charge on any atom is 0.223 e. The van der Waals surface area contributed by atoms with Crippen molar-refractivity contribution in [2.45, 2.75) is 19.0 Å². The first-order chi connectivity index (χ1) is 11.3. The fourth-order valence-corrected chi connectivity index (χ4v) is 2.98. The second-order valence-electron chi connectivity index (χ2n) is 5.26. The van der Waals surface area contributed by atoms with Crippen LogP contribution in [0.3, 0.4) is 0 Å². The number of nitrogens with one attached hydrogen (secondary N) is 2. The van der Waals surface area contributed by atoms with Crippen LogP contribution >= 0.6 is 0 Å². The molecule has 0 spiro atoms. The Bertz CT molecular complexity index is 832. The highest BCUT2D eigenvalue weighted by Crippen LogP contribution is 2.22. The van der Waals surface area contributed by atoms with Crippen molar-refractivity contribution in [3.63, 3.8) is 0 Å². The Hall–Kier alpha value is -2.57. The third kappa shape index (κ3) is 4.97. The first-order valence-electron chi connectivity index (χ1n) is 7.00. The van der Waals surface area contributed by atoms with Gasteiger partial charge in [-0.1, -0.05) is 12.1 Å². The molecule has 0 amide bonds. The molecule has 0 bridgehead atoms. The van der Waals surface area contributed by atoms with Crippen LogP contribution in [-0.4, -0.2) is 30.7 Å². The van der Waals surface area contributed by atoms with Gasteiger partial charge in [-0.2, -0.15) is 5.26 Å². The molecule has 7 nitrogen and oxygen atoms in total. The number of halogens is 1. The zero-order valence-corrected chi connectivity index (χ0v) is 13.9. The molecule has 1 aromatic carbocycles. The Kier molecular flexibility index (Phi) is 5.43. The molecule has 1 aromatic heterocycles. The standard InChI is InChI=1S/C15H16FN5O2S/c1-10(21-24(2,22)23)14(12-3-5-13(16)6-4-12)20-15-18-8-11(7-17)9-19-15/h3-6,8-10,14,21H,1-2H3,(H,18,19,20). The maximum absolute atomic E-state index is 13.1. The molecule has 2 rings (SSSR count). The summed E-state index contributed by atoms with van der Waals surface area (Å²) in [6, 6.07) is 6.51. The topological polar surface area (TPSA) is 108 Å². The molecular formula is C15H16FN5O2S. The highest BCUT2D eigenvalue weighted by Gasteiger charge is 2.23. The van der Waals surface area contributed by atoms with Crippen LogP contribution in [0.4, 0.5) is 10.3 Å². The molecular weight excluding hydrogens is 333 g/mol. The van der Waals surface area contributed by atoms with E-state index in [1.807, 2.05) is 6.07 Å². The lowest BCUT2D eigenvalue weighted by atomic mass is 10.0. The lowest BCUT2D eigenvalue weighted by molar-refractivity contribution is 0.533. The molecule has 24 heavy (non-hydrogen) atoms. The molecule has 2 aromatic rings. The Morgan fingerprint density at radius 1 is 1.21 bits per heavy atom. The summed E-state index contributed by atoms with van der Waals surface area (Å²) in [4.78, 5) is 8.03. The van der Waals surface area contributed by atoms with Crippen LogP contribution < -0.4 is 10.0 Å². The summed E-state index contributed by atoms with van der Waals surface area (Å²) in [6.07, 6.45) is 3.76. The third-order valence-corrected chi connectivity index (χ3v) is 3.99. The third-order valence-electron chi connectivity index (χ3n) is 3.19. The summed E-state index contributed by atoms with van der Waals surface area (Å²) in [7, 11) is -3.44. The predicted octanol–water partition coefficient (Wildman–Crippen LogP) is 1.58. The van der Waals surface area contributed by atoms with Crippen molar-refractivity contribution in [2.75, 3.05) is 11.6 Å². The van der Waals surface area contributed by atoms with Crippen LogP contribution in [0.2, 0.25) is 0 Å². The fourth-order valence-electron chi connectivity index (χ4n) is 2.17. The van der Waals surface area contributed by atoms with Gasteiger partial charge in [0, 0.05) is 6.04 Å². The first kappa shape index (κ1) is 17.8. The number of rotatable bonds is 6. The van der Waals surface area contributed by atoms with Crippen LogP contribution in [0.1, 0.15) is 24.1 Å². The predicted molar refractivity (Wildman–Crippen MR) is 87.0 cm³/mol. The van der Waals surface area contributed by atoms with Crippen LogP contribution in [0.5, 0.6) is 0 Å². The van der Waals surface area contributed by atoms with Gasteiger partial charge in [0.15, 0.2) is 0 Å². The summed E-state index contributed by atoms with van der Waals surface area (Å²) in [5, 5.41) is 11.8. The van der Waals surface area contributed by atoms with Crippen LogP contribution in [0.25, 0.3) is 0 Å². The molecule has 2 unspecified atom stereocenters. The molecule has 0 aliphatic rings. The van der Waals surface area contributed by atoms with E-state index in [1.54, 1.807) is 19.1 Å². The van der Waals surface area contributed by atoms with Gasteiger partial charge in [-0.25, -0.2) is 27.5 Å². The second kappa shape index (κ2) is 7.33. The Balaban J connectivity index is 2.30. The number of anilines is 1. The van der Waals surface area contributed by atoms with Gasteiger partial charge in [-0.05, 0) is 24.6 Å². The van der Waals surface area contributed by atoms with Crippen LogP contribution in [-0.2, 0) is 10.0 Å². The SMILES string of the molecule is CC(NS(C)(=O)=O)C(Nc1ncc(C#N)cn1)c1ccc(F)cc1. The highest BCUT2D eigenvalue weighted by molar-refractivity contribution is 7.88. The zero-order chi connectivity index (χ0) is 17.7. The quantitative estimate of drug-likeness (QED) is 0.820. The monoisotopic (exact) mass is 349 g/mol. The van der Waals surface area contributed by atoms with Gasteiger partial charge in [-0.15, -0.1) is 0 Å². The number of benzene rings is 1. The van der Waals surface area contributed by atoms with E-state index in [2.05, 4.69) is 20.0 Å². The zero-order valence-electron chi connectivity index (χ0n) is 13.1. The maximum atomic E-state index is 13.1. The van der Waals surface area contributed by atoms with Crippen LogP contribution in [0, 0.1) is 17.1 Å². The lowest BCUT2D eigenvalue weighted by Crippen LogP contribution is -2.39. The molecule has 0 fully saturated rings. The molecule has 126 valence electrons. The summed E-state index contributed by atoms with van der Waals surface area (Å²) in [5.41, 5.74) is 0.967. The molecule has 0 saturated heterocycles. The van der Waals surface area contributed by atoms with Gasteiger partial charge in [-0.3, -0.25) is 0 Å². The van der Waals surface area contributed by atoms with E-state index in [1.165, 1.54) is 24.5 Å². The van der Waals surface area contributed by atoms with E-state index in [9.17, 15) is 12.8 Å². The van der Waals surface area contributed by atoms with Gasteiger partial charge < -0.3 is 5.32 Å². The molecule has 9 heteroatoms. The number of nitriles is 1. The minimum Gasteiger partial charge on any atom is -0.346 e. The van der Waals surface area contributed by atoms with Gasteiger partial charge in [0.05, 0.1) is 30.3 Å². The minimum absolute atomic E-state index is 0.227. The highest BCUT2D eigenvalue weighted by atomic mass is 32.2. The van der Waals surface area contributed by atoms with Gasteiger partial charge in [0.25, 0.3) is 0 Å². The van der Waals surface area contributed by atoms with E-state index in [4.69, 9.17) is 5.26 Å². The lowest BCUT2D eigenvalue weighted by Gasteiger charge is -2.25. The summed E-state index contributed by atoms with van der Waals surface area (Å²) in [5.74, 6) is -0.165. The molecule has 0 saturated carbocycles. The van der Waals surface area contributed by atoms with Crippen molar-refractivity contribution in [1.29, 1.82) is 5.26 Å². The van der Waals surface area contributed by atoms with Crippen molar-refractivity contribution >= 4 is 16.0 Å². The summed E-state index contributed by atoms with van der Waals surface area (Å²) < 4.78 is 38.6. The largest absolute Gasteiger partial charge is 0.346 e. The van der Waals surface area contributed by atoms with Crippen LogP contribution in [0.15, 0.2) is 36.7 Å². The van der Waals surface area contributed by atoms with Gasteiger partial charge >= 0.3 is 0 Å². The number of hydrogen-bond donors (Lipinski definition) is 2. The number of hydrogen-bond acceptors (Lipinski definition) is 6. The van der Waals surface area contributed by atoms with Gasteiger partial charge in [0.2, 0.25) is 16.0 Å². The Labute approximate surface area is 139 Å². The normalized spacial score (nSPS) is 13.8. The second-order valence-corrected chi connectivity index (χ2v) is 7.04. The molecule has 0 radical (unpaired) electrons. The Morgan fingerprint density at radius 2 is 1.79 bits per heavy atom. The van der Waals surface area contributed by atoms with Crippen molar-refractivity contribution in [1.82, 2.24) is 14.7 Å². The van der Waals surface area contributed by atoms with E-state index in [-0.39, 0.29) is 5.95 Å². The molecule has 2 N–H and O–H groups in total. The minimum atomic E-state index is -3.44. The average Bonchev–Trinajstić information content (AvgIpc) is 2.52. The summed E-state index contributed by atoms with van der Waals surface area (Å²) >= 11 is 0. The van der Waals surface area contributed by atoms with Crippen molar-refractivity contribution < 1.29 is 12.8 Å². The fraction of sp³-hybridized carbons (Fsp3) is 0.267. The first-order valence-corrected chi connectivity index (χ1v) is 8.89. The number of sulfonamides is 1. The smallest absolute Gasteiger partial charge is 0.223 e. The average molecular weight is 349 g/mol. The molecule has 0 aliphatic carbocycles. The Morgan fingerprint density at radius 3 is 2.29 bits per heavy atom. The van der Waals surface area contributed by atoms with Crippen molar-refractivity contribution in [2.24, 2.45) is 0 Å². The summed E-state index contributed by atoms with van der Waals surface area (Å²) in [6.45, 7) is 1.67. The molecule has 2 atom stereocenters. The molecule has 0 aliphatic heterocycles. The van der Waals surface area contributed by atoms with E-state index < -0.39 is 27.9 Å². The number of nitrogens with zero attached hydrogens (tertiary/aromatic N) is 3. The van der Waals surface area contributed by atoms with E-state index >= 15 is 0 Å². The van der Waals surface area contributed by atoms with Gasteiger partial charge in [0.1, 0.15) is 11.9 Å². The van der Waals surface area contributed by atoms with E-state index in [0.29, 0.717) is 11.1 Å².